The first-order chi connectivity index (χ1) is 16.2. The zero-order chi connectivity index (χ0) is 24.0. The predicted octanol–water partition coefficient (Wildman–Crippen LogP) is 4.16. The van der Waals surface area contributed by atoms with Crippen molar-refractivity contribution in [2.75, 3.05) is 13.2 Å². The highest BCUT2D eigenvalue weighted by atomic mass is 16.5. The summed E-state index contributed by atoms with van der Waals surface area (Å²) < 4.78 is 13.7. The number of phenols is 1. The topological polar surface area (TPSA) is 93.9 Å². The molecule has 0 saturated carbocycles. The van der Waals surface area contributed by atoms with E-state index in [1.165, 1.54) is 6.07 Å². The number of aromatic nitrogens is 2. The molecule has 8 nitrogen and oxygen atoms in total. The second-order valence-electron chi connectivity index (χ2n) is 9.68. The number of Topliss-reactive ketones (excluding diaryl/α,β-unsaturated/α-hetero) is 1. The van der Waals surface area contributed by atoms with Gasteiger partial charge in [-0.25, -0.2) is 4.98 Å². The van der Waals surface area contributed by atoms with Gasteiger partial charge >= 0.3 is 0 Å². The Kier molecular flexibility index (Phi) is 5.46. The lowest BCUT2D eigenvalue weighted by atomic mass is 9.92. The molecule has 2 aliphatic heterocycles. The van der Waals surface area contributed by atoms with Gasteiger partial charge in [0.25, 0.3) is 5.91 Å². The van der Waals surface area contributed by atoms with Gasteiger partial charge < -0.3 is 24.0 Å². The van der Waals surface area contributed by atoms with Crippen molar-refractivity contribution in [3.63, 3.8) is 0 Å². The zero-order valence-electron chi connectivity index (χ0n) is 19.7. The van der Waals surface area contributed by atoms with Gasteiger partial charge in [0.15, 0.2) is 12.4 Å². The van der Waals surface area contributed by atoms with Crippen LogP contribution in [-0.2, 0) is 11.8 Å². The molecule has 0 aliphatic carbocycles. The number of hydrogen-bond acceptors (Lipinski definition) is 6. The highest BCUT2D eigenvalue weighted by molar-refractivity contribution is 6.03. The first-order valence-corrected chi connectivity index (χ1v) is 11.7. The van der Waals surface area contributed by atoms with Gasteiger partial charge in [0.1, 0.15) is 34.2 Å². The number of carbonyl (C=O) groups excluding carboxylic acids is 2. The van der Waals surface area contributed by atoms with Crippen LogP contribution < -0.4 is 9.47 Å². The number of aromatic hydroxyl groups is 1. The van der Waals surface area contributed by atoms with E-state index in [-0.39, 0.29) is 53.6 Å². The van der Waals surface area contributed by atoms with E-state index in [9.17, 15) is 14.7 Å². The van der Waals surface area contributed by atoms with Crippen molar-refractivity contribution < 1.29 is 24.2 Å². The van der Waals surface area contributed by atoms with E-state index in [0.717, 1.165) is 36.1 Å². The van der Waals surface area contributed by atoms with E-state index in [0.29, 0.717) is 6.54 Å². The second kappa shape index (κ2) is 8.34. The summed E-state index contributed by atoms with van der Waals surface area (Å²) in [6, 6.07) is 10.8. The maximum Gasteiger partial charge on any atom is 0.261 e. The largest absolute Gasteiger partial charge is 0.507 e. The number of rotatable bonds is 4. The molecule has 1 fully saturated rings. The third kappa shape index (κ3) is 3.97. The third-order valence-electron chi connectivity index (χ3n) is 6.61. The quantitative estimate of drug-likeness (QED) is 0.625. The van der Waals surface area contributed by atoms with Crippen LogP contribution in [0.1, 0.15) is 61.8 Å². The molecule has 8 heteroatoms. The SMILES string of the molecule is Cn1c(C2CCCCN2C(=O)COc2cc(O)c3c(c2)OC(C)(C)CC3=O)nc2ccccc21. The molecule has 1 aromatic heterocycles. The summed E-state index contributed by atoms with van der Waals surface area (Å²) in [5.41, 5.74) is 1.44. The zero-order valence-corrected chi connectivity index (χ0v) is 19.7. The molecular formula is C26H29N3O5. The summed E-state index contributed by atoms with van der Waals surface area (Å²) in [6.45, 7) is 4.09. The second-order valence-corrected chi connectivity index (χ2v) is 9.68. The Labute approximate surface area is 198 Å². The van der Waals surface area contributed by atoms with E-state index in [1.807, 2.05) is 50.1 Å². The Morgan fingerprint density at radius 1 is 1.26 bits per heavy atom. The molecule has 3 heterocycles. The van der Waals surface area contributed by atoms with Crippen molar-refractivity contribution in [2.24, 2.45) is 7.05 Å². The number of benzene rings is 2. The lowest BCUT2D eigenvalue weighted by Gasteiger charge is -2.35. The molecule has 1 saturated heterocycles. The molecule has 1 atom stereocenters. The van der Waals surface area contributed by atoms with Gasteiger partial charge in [-0.15, -0.1) is 0 Å². The van der Waals surface area contributed by atoms with Crippen LogP contribution in [0.4, 0.5) is 0 Å². The number of amides is 1. The number of imidazole rings is 1. The number of aryl methyl sites for hydroxylation is 1. The number of phenolic OH excluding ortho intramolecular Hbond substituents is 1. The van der Waals surface area contributed by atoms with E-state index in [4.69, 9.17) is 14.5 Å². The van der Waals surface area contributed by atoms with Gasteiger partial charge in [0, 0.05) is 25.7 Å². The number of para-hydroxylation sites is 2. The monoisotopic (exact) mass is 463 g/mol. The van der Waals surface area contributed by atoms with Crippen LogP contribution in [0.15, 0.2) is 36.4 Å². The number of carbonyl (C=O) groups is 2. The molecule has 0 bridgehead atoms. The summed E-state index contributed by atoms with van der Waals surface area (Å²) in [5, 5.41) is 10.4. The van der Waals surface area contributed by atoms with Crippen LogP contribution in [0.5, 0.6) is 17.2 Å². The number of likely N-dealkylation sites (tertiary alicyclic amines) is 1. The summed E-state index contributed by atoms with van der Waals surface area (Å²) in [7, 11) is 1.98. The molecule has 3 aromatic rings. The smallest absolute Gasteiger partial charge is 0.261 e. The summed E-state index contributed by atoms with van der Waals surface area (Å²) >= 11 is 0. The highest BCUT2D eigenvalue weighted by Gasteiger charge is 2.35. The van der Waals surface area contributed by atoms with Gasteiger partial charge in [0.2, 0.25) is 0 Å². The van der Waals surface area contributed by atoms with Crippen molar-refractivity contribution in [3.8, 4) is 17.2 Å². The lowest BCUT2D eigenvalue weighted by molar-refractivity contribution is -0.137. The first-order valence-electron chi connectivity index (χ1n) is 11.7. The molecular weight excluding hydrogens is 434 g/mol. The normalized spacial score (nSPS) is 19.6. The molecule has 0 radical (unpaired) electrons. The molecule has 178 valence electrons. The Balaban J connectivity index is 1.35. The Morgan fingerprint density at radius 3 is 2.85 bits per heavy atom. The van der Waals surface area contributed by atoms with Crippen LogP contribution in [0.3, 0.4) is 0 Å². The standard InChI is InChI=1S/C26H29N3O5/c1-26(2)14-21(31)24-20(30)12-16(13-22(24)34-26)33-15-23(32)29-11-7-6-10-19(29)25-27-17-8-4-5-9-18(17)28(25)3/h4-5,8-9,12-13,19,30H,6-7,10-11,14-15H2,1-3H3. The fourth-order valence-corrected chi connectivity index (χ4v) is 5.02. The van der Waals surface area contributed by atoms with Gasteiger partial charge in [0.05, 0.1) is 23.5 Å². The molecule has 2 aromatic carbocycles. The molecule has 34 heavy (non-hydrogen) atoms. The average molecular weight is 464 g/mol. The van der Waals surface area contributed by atoms with Gasteiger partial charge in [-0.05, 0) is 45.2 Å². The molecule has 1 unspecified atom stereocenters. The predicted molar refractivity (Wildman–Crippen MR) is 126 cm³/mol. The minimum Gasteiger partial charge on any atom is -0.507 e. The average Bonchev–Trinajstić information content (AvgIpc) is 3.12. The third-order valence-corrected chi connectivity index (χ3v) is 6.61. The Bertz CT molecular complexity index is 1280. The van der Waals surface area contributed by atoms with Crippen molar-refractivity contribution in [3.05, 3.63) is 47.8 Å². The lowest BCUT2D eigenvalue weighted by Crippen LogP contribution is -2.42. The fraction of sp³-hybridized carbons (Fsp3) is 0.423. The highest BCUT2D eigenvalue weighted by Crippen LogP contribution is 2.41. The summed E-state index contributed by atoms with van der Waals surface area (Å²) in [6.07, 6.45) is 2.98. The maximum absolute atomic E-state index is 13.2. The van der Waals surface area contributed by atoms with Crippen LogP contribution >= 0.6 is 0 Å². The number of ketones is 1. The van der Waals surface area contributed by atoms with Gasteiger partial charge in [-0.2, -0.15) is 0 Å². The molecule has 1 amide bonds. The number of ether oxygens (including phenoxy) is 2. The first kappa shape index (κ1) is 22.3. The van der Waals surface area contributed by atoms with Crippen molar-refractivity contribution >= 4 is 22.7 Å². The van der Waals surface area contributed by atoms with Crippen LogP contribution in [0.2, 0.25) is 0 Å². The number of fused-ring (bicyclic) bond motifs is 2. The van der Waals surface area contributed by atoms with Crippen molar-refractivity contribution in [1.82, 2.24) is 14.5 Å². The van der Waals surface area contributed by atoms with Crippen LogP contribution in [-0.4, -0.2) is 50.0 Å². The van der Waals surface area contributed by atoms with E-state index in [1.54, 1.807) is 6.07 Å². The minimum absolute atomic E-state index is 0.124. The number of piperidine rings is 1. The van der Waals surface area contributed by atoms with Crippen LogP contribution in [0.25, 0.3) is 11.0 Å². The van der Waals surface area contributed by atoms with E-state index in [2.05, 4.69) is 4.57 Å². The number of nitrogens with zero attached hydrogens (tertiary/aromatic N) is 3. The Morgan fingerprint density at radius 2 is 2.06 bits per heavy atom. The minimum atomic E-state index is -0.669. The van der Waals surface area contributed by atoms with Crippen molar-refractivity contribution in [1.29, 1.82) is 0 Å². The molecule has 1 N–H and O–H groups in total. The molecule has 0 spiro atoms. The molecule has 2 aliphatic rings. The maximum atomic E-state index is 13.2. The summed E-state index contributed by atoms with van der Waals surface area (Å²) in [4.78, 5) is 32.3. The molecule has 5 rings (SSSR count). The van der Waals surface area contributed by atoms with Gasteiger partial charge in [-0.3, -0.25) is 9.59 Å². The summed E-state index contributed by atoms with van der Waals surface area (Å²) in [5.74, 6) is 0.910. The van der Waals surface area contributed by atoms with Crippen molar-refractivity contribution in [2.45, 2.75) is 51.2 Å². The van der Waals surface area contributed by atoms with E-state index >= 15 is 0 Å². The van der Waals surface area contributed by atoms with E-state index < -0.39 is 5.60 Å². The number of hydrogen-bond donors (Lipinski definition) is 1. The fourth-order valence-electron chi connectivity index (χ4n) is 5.02. The Hall–Kier alpha value is -3.55. The van der Waals surface area contributed by atoms with Gasteiger partial charge in [-0.1, -0.05) is 12.1 Å². The van der Waals surface area contributed by atoms with Crippen LogP contribution in [0, 0.1) is 0 Å².